The van der Waals surface area contributed by atoms with Gasteiger partial charge in [0.2, 0.25) is 0 Å². The van der Waals surface area contributed by atoms with E-state index in [-0.39, 0.29) is 19.1 Å². The number of hydrogen-bond acceptors (Lipinski definition) is 23. The molecule has 6 aliphatic rings. The van der Waals surface area contributed by atoms with E-state index in [1.54, 1.807) is 6.55 Å². The summed E-state index contributed by atoms with van der Waals surface area (Å²) >= 11 is 0. The fraction of sp³-hybridized carbons (Fsp3) is 0.897. The van der Waals surface area contributed by atoms with E-state index < -0.39 is 145 Å². The Balaban J connectivity index is 2.04. The van der Waals surface area contributed by atoms with Crippen LogP contribution < -0.4 is 0 Å². The summed E-state index contributed by atoms with van der Waals surface area (Å²) in [6, 6.07) is 0.198. The third-order valence-electron chi connectivity index (χ3n) is 7.98. The normalized spacial score (nSPS) is 36.9. The van der Waals surface area contributed by atoms with Crippen LogP contribution in [0.15, 0.2) is 12.7 Å². The summed E-state index contributed by atoms with van der Waals surface area (Å²) < 4.78 is 158. The van der Waals surface area contributed by atoms with Crippen molar-refractivity contribution < 1.29 is 96.3 Å². The molecule has 0 aliphatic carbocycles. The van der Waals surface area contributed by atoms with Gasteiger partial charge in [-0.05, 0) is 156 Å². The Morgan fingerprint density at radius 1 is 0.382 bits per heavy atom. The fourth-order valence-electron chi connectivity index (χ4n) is 6.55. The van der Waals surface area contributed by atoms with Crippen molar-refractivity contribution in [2.75, 3.05) is 13.7 Å². The van der Waals surface area contributed by atoms with Gasteiger partial charge >= 0.3 is 86.9 Å². The molecular formula is C29H78O23Si16. The zero-order valence-corrected chi connectivity index (χ0v) is 60.3. The summed E-state index contributed by atoms with van der Waals surface area (Å²) in [6.07, 6.45) is 1.37. The third-order valence-corrected chi connectivity index (χ3v) is 61.0. The Hall–Kier alpha value is 1.84. The van der Waals surface area contributed by atoms with Crippen molar-refractivity contribution in [3.8, 4) is 0 Å². The van der Waals surface area contributed by atoms with E-state index in [1.165, 1.54) is 7.11 Å². The molecule has 6 fully saturated rings. The predicted molar refractivity (Wildman–Crippen MR) is 280 cm³/mol. The van der Waals surface area contributed by atoms with E-state index in [0.717, 1.165) is 6.08 Å². The number of carbonyl (C=O) groups is 1. The van der Waals surface area contributed by atoms with Gasteiger partial charge in [0.15, 0.2) is 58.2 Å². The van der Waals surface area contributed by atoms with Crippen LogP contribution in [0, 0.1) is 0 Å². The van der Waals surface area contributed by atoms with Crippen molar-refractivity contribution in [3.05, 3.63) is 12.7 Å². The molecule has 1 unspecified atom stereocenters. The van der Waals surface area contributed by atoms with Crippen molar-refractivity contribution >= 4 is 145 Å². The van der Waals surface area contributed by atoms with E-state index in [2.05, 4.69) is 6.58 Å². The van der Waals surface area contributed by atoms with Crippen LogP contribution in [0.25, 0.3) is 0 Å². The molecule has 6 aliphatic heterocycles. The smallest absolute Gasteiger partial charge is 0.463 e. The zero-order chi connectivity index (χ0) is 52.0. The maximum Gasteiger partial charge on any atom is 0.653 e. The highest BCUT2D eigenvalue weighted by Gasteiger charge is 2.92. The first-order valence-corrected chi connectivity index (χ1v) is 62.0. The van der Waals surface area contributed by atoms with E-state index in [1.807, 2.05) is 137 Å². The van der Waals surface area contributed by atoms with Gasteiger partial charge in [-0.15, -0.1) is 0 Å². The van der Waals surface area contributed by atoms with Gasteiger partial charge in [-0.25, -0.2) is 4.79 Å². The van der Waals surface area contributed by atoms with Gasteiger partial charge in [-0.1, -0.05) is 6.58 Å². The summed E-state index contributed by atoms with van der Waals surface area (Å²) in [5, 5.41) is 0. The first-order valence-electron chi connectivity index (χ1n) is 22.5. The van der Waals surface area contributed by atoms with Crippen LogP contribution in [0.5, 0.6) is 0 Å². The van der Waals surface area contributed by atoms with Gasteiger partial charge in [0, 0.05) is 13.2 Å². The van der Waals surface area contributed by atoms with Crippen LogP contribution in [0.1, 0.15) is 6.42 Å². The topological polar surface area (TPSA) is 220 Å². The third kappa shape index (κ3) is 16.7. The number of carbonyl (C=O) groups excluding carboxylic acids is 1. The van der Waals surface area contributed by atoms with E-state index in [9.17, 15) is 4.79 Å². The molecule has 6 heterocycles. The molecule has 0 amide bonds. The lowest BCUT2D eigenvalue weighted by molar-refractivity contribution is -0.138. The summed E-state index contributed by atoms with van der Waals surface area (Å²) in [6.45, 7) is 45.6. The highest BCUT2D eigenvalue weighted by molar-refractivity contribution is 7.04. The molecule has 0 aromatic heterocycles. The number of hydrogen-bond donors (Lipinski definition) is 0. The molecular weight excluding hydrogens is 1170 g/mol. The monoisotopic (exact) mass is 1240 g/mol. The number of rotatable bonds is 22. The van der Waals surface area contributed by atoms with Crippen LogP contribution in [0.4, 0.5) is 0 Å². The first kappa shape index (κ1) is 60.7. The summed E-state index contributed by atoms with van der Waals surface area (Å²) in [7, 11) is -64.3. The molecule has 1 atom stereocenters. The Kier molecular flexibility index (Phi) is 17.6. The van der Waals surface area contributed by atoms with Crippen LogP contribution in [-0.4, -0.2) is 159 Å². The second-order valence-corrected chi connectivity index (χ2v) is 80.7. The summed E-state index contributed by atoms with van der Waals surface area (Å²) in [4.78, 5) is 12.1. The van der Waals surface area contributed by atoms with Gasteiger partial charge in [0.25, 0.3) is 0 Å². The van der Waals surface area contributed by atoms with Crippen LogP contribution in [0.3, 0.4) is 0 Å². The highest BCUT2D eigenvalue weighted by atomic mass is 28.7. The molecule has 0 radical (unpaired) electrons. The maximum absolute atomic E-state index is 12.1. The van der Waals surface area contributed by atoms with E-state index in [4.69, 9.17) is 91.5 Å². The van der Waals surface area contributed by atoms with E-state index in [0.29, 0.717) is 0 Å². The SMILES string of the molecule is C=CC(=O)OCCC[Si](C)(OC)O[Si]12O[Si]3(O[Si](C)(C)C)O[Si]4(O[Si](C)(C)C)O[Si]5(O[Si](C)(C)C)O[Si](O[Si](C)(C)C)(O3)O[Si](O[Si](C)(C)C)(O[Si](O[Si](C)(C)C)(O5)O[Si](O[Si](C)(C)C)(O4)O1)O2. The summed E-state index contributed by atoms with van der Waals surface area (Å²) in [5.41, 5.74) is 0. The molecule has 6 saturated heterocycles. The van der Waals surface area contributed by atoms with Crippen LogP contribution >= 0.6 is 0 Å². The molecule has 68 heavy (non-hydrogen) atoms. The molecule has 6 rings (SSSR count). The minimum atomic E-state index is -5.35. The van der Waals surface area contributed by atoms with Crippen molar-refractivity contribution in [1.82, 2.24) is 0 Å². The molecule has 0 spiro atoms. The molecule has 0 saturated carbocycles. The largest absolute Gasteiger partial charge is 0.653 e. The first-order chi connectivity index (χ1) is 30.2. The lowest BCUT2D eigenvalue weighted by Crippen LogP contribution is -2.93. The van der Waals surface area contributed by atoms with Gasteiger partial charge in [0.05, 0.1) is 6.61 Å². The molecule has 0 aromatic carbocycles. The van der Waals surface area contributed by atoms with E-state index >= 15 is 0 Å². The number of ether oxygens (including phenoxy) is 1. The second-order valence-electron chi connectivity index (χ2n) is 23.6. The van der Waals surface area contributed by atoms with Crippen molar-refractivity contribution in [1.29, 1.82) is 0 Å². The van der Waals surface area contributed by atoms with Crippen molar-refractivity contribution in [3.63, 3.8) is 0 Å². The maximum atomic E-state index is 12.1. The average molecular weight is 1240 g/mol. The molecule has 0 N–H and O–H groups in total. The van der Waals surface area contributed by atoms with Gasteiger partial charge < -0.3 is 91.5 Å². The molecule has 396 valence electrons. The molecule has 39 heteroatoms. The Morgan fingerprint density at radius 2 is 0.574 bits per heavy atom. The van der Waals surface area contributed by atoms with Gasteiger partial charge in [0.1, 0.15) is 0 Å². The van der Waals surface area contributed by atoms with Crippen LogP contribution in [0.2, 0.25) is 150 Å². The van der Waals surface area contributed by atoms with Crippen LogP contribution in [-0.2, 0) is 96.3 Å². The lowest BCUT2D eigenvalue weighted by Gasteiger charge is -2.60. The quantitative estimate of drug-likeness (QED) is 0.0485. The minimum absolute atomic E-state index is 0.0117. The number of esters is 1. The van der Waals surface area contributed by atoms with Crippen molar-refractivity contribution in [2.45, 2.75) is 156 Å². The molecule has 23 nitrogen and oxygen atoms in total. The predicted octanol–water partition coefficient (Wildman–Crippen LogP) is 6.55. The Labute approximate surface area is 421 Å². The van der Waals surface area contributed by atoms with Gasteiger partial charge in [-0.3, -0.25) is 0 Å². The summed E-state index contributed by atoms with van der Waals surface area (Å²) in [5.74, 6) is -0.584. The molecule has 0 aromatic rings. The molecule has 8 bridgehead atoms. The van der Waals surface area contributed by atoms with Gasteiger partial charge in [-0.2, -0.15) is 0 Å². The second kappa shape index (κ2) is 19.7. The Bertz CT molecular complexity index is 1670. The standard InChI is InChI=1S/C29H78O23Si16/c1-25-29(30)32-27-26-28-60(24,31-2)40-68-50-65(37-57(15,16)17)44-62(34-54(6,7)8)41-61(33-53(3,4)5)42-63(46-65,35-55(9,10)11)48-67(52-68,39-59(21,22)23)49-64(43-61,36-56(12,13)14)47-66(45-62,51-68)38-58(18,19)20/h25H,1,26-28H2,2-24H3. The average Bonchev–Trinajstić information content (AvgIpc) is 2.96. The van der Waals surface area contributed by atoms with Crippen molar-refractivity contribution in [2.24, 2.45) is 0 Å². The highest BCUT2D eigenvalue weighted by Crippen LogP contribution is 2.53. The fourth-order valence-corrected chi connectivity index (χ4v) is 72.1. The Morgan fingerprint density at radius 3 is 0.735 bits per heavy atom. The lowest BCUT2D eigenvalue weighted by atomic mass is 10.5. The zero-order valence-electron chi connectivity index (χ0n) is 44.3. The minimum Gasteiger partial charge on any atom is -0.463 e.